The van der Waals surface area contributed by atoms with Crippen molar-refractivity contribution in [1.29, 1.82) is 0 Å². The second-order valence-corrected chi connectivity index (χ2v) is 6.26. The van der Waals surface area contributed by atoms with Crippen molar-refractivity contribution in [2.45, 2.75) is 6.42 Å². The summed E-state index contributed by atoms with van der Waals surface area (Å²) >= 11 is 0. The number of nitrogens with zero attached hydrogens (tertiary/aromatic N) is 1. The number of esters is 1. The predicted molar refractivity (Wildman–Crippen MR) is 108 cm³/mol. The molecule has 29 heavy (non-hydrogen) atoms. The molecule has 0 saturated carbocycles. The maximum Gasteiger partial charge on any atom is 0.337 e. The summed E-state index contributed by atoms with van der Waals surface area (Å²) in [4.78, 5) is 28.1. The fourth-order valence-electron chi connectivity index (χ4n) is 2.75. The van der Waals surface area contributed by atoms with Crippen LogP contribution in [0.5, 0.6) is 0 Å². The van der Waals surface area contributed by atoms with Gasteiger partial charge in [0, 0.05) is 18.4 Å². The number of methoxy groups -OCH3 is 1. The van der Waals surface area contributed by atoms with Crippen molar-refractivity contribution in [3.05, 3.63) is 89.5 Å². The summed E-state index contributed by atoms with van der Waals surface area (Å²) < 4.78 is 18.4. The van der Waals surface area contributed by atoms with Crippen LogP contribution in [0.1, 0.15) is 26.3 Å². The molecule has 148 valence electrons. The van der Waals surface area contributed by atoms with Gasteiger partial charge >= 0.3 is 5.97 Å². The van der Waals surface area contributed by atoms with Crippen LogP contribution in [0.15, 0.2) is 67.0 Å². The first-order chi connectivity index (χ1) is 14.1. The van der Waals surface area contributed by atoms with Crippen molar-refractivity contribution < 1.29 is 18.7 Å². The summed E-state index contributed by atoms with van der Waals surface area (Å²) in [6.45, 7) is 0.304. The number of amides is 1. The Hall–Kier alpha value is -3.74. The third-order valence-electron chi connectivity index (χ3n) is 4.21. The highest BCUT2D eigenvalue weighted by Gasteiger charge is 2.09. The highest BCUT2D eigenvalue weighted by molar-refractivity contribution is 5.95. The number of nitrogens with one attached hydrogen (secondary N) is 2. The van der Waals surface area contributed by atoms with Gasteiger partial charge in [0.1, 0.15) is 5.82 Å². The molecule has 0 aliphatic heterocycles. The van der Waals surface area contributed by atoms with E-state index in [1.165, 1.54) is 19.4 Å². The molecular formula is C22H20FN3O3. The normalized spacial score (nSPS) is 10.3. The van der Waals surface area contributed by atoms with Gasteiger partial charge in [-0.3, -0.25) is 9.78 Å². The quantitative estimate of drug-likeness (QED) is 0.598. The summed E-state index contributed by atoms with van der Waals surface area (Å²) in [6.07, 6.45) is 3.42. The van der Waals surface area contributed by atoms with Gasteiger partial charge < -0.3 is 15.4 Å². The van der Waals surface area contributed by atoms with Crippen LogP contribution < -0.4 is 10.6 Å². The van der Waals surface area contributed by atoms with Crippen molar-refractivity contribution in [1.82, 2.24) is 10.3 Å². The molecule has 2 N–H and O–H groups in total. The van der Waals surface area contributed by atoms with Gasteiger partial charge in [-0.2, -0.15) is 0 Å². The Morgan fingerprint density at radius 1 is 1.00 bits per heavy atom. The van der Waals surface area contributed by atoms with Crippen molar-refractivity contribution in [3.8, 4) is 0 Å². The van der Waals surface area contributed by atoms with Gasteiger partial charge in [0.25, 0.3) is 5.91 Å². The van der Waals surface area contributed by atoms with Gasteiger partial charge in [0.05, 0.1) is 30.1 Å². The van der Waals surface area contributed by atoms with Crippen LogP contribution in [0.2, 0.25) is 0 Å². The van der Waals surface area contributed by atoms with Gasteiger partial charge in [-0.15, -0.1) is 0 Å². The van der Waals surface area contributed by atoms with E-state index in [4.69, 9.17) is 4.74 Å². The zero-order valence-corrected chi connectivity index (χ0v) is 15.8. The van der Waals surface area contributed by atoms with Crippen LogP contribution >= 0.6 is 0 Å². The Kier molecular flexibility index (Phi) is 6.52. The number of carbonyl (C=O) groups is 2. The lowest BCUT2D eigenvalue weighted by Gasteiger charge is -2.10. The molecular weight excluding hydrogens is 373 g/mol. The van der Waals surface area contributed by atoms with Crippen LogP contribution in [0.25, 0.3) is 0 Å². The minimum absolute atomic E-state index is 0.288. The molecule has 0 atom stereocenters. The van der Waals surface area contributed by atoms with Gasteiger partial charge in [0.15, 0.2) is 0 Å². The predicted octanol–water partition coefficient (Wildman–Crippen LogP) is 3.72. The van der Waals surface area contributed by atoms with Crippen LogP contribution in [0, 0.1) is 5.82 Å². The fourth-order valence-corrected chi connectivity index (χ4v) is 2.75. The number of hydrogen-bond donors (Lipinski definition) is 2. The zero-order valence-electron chi connectivity index (χ0n) is 15.8. The maximum atomic E-state index is 13.6. The lowest BCUT2D eigenvalue weighted by molar-refractivity contribution is 0.0600. The van der Waals surface area contributed by atoms with E-state index in [0.29, 0.717) is 41.0 Å². The number of halogens is 1. The first-order valence-corrected chi connectivity index (χ1v) is 8.99. The van der Waals surface area contributed by atoms with E-state index >= 15 is 0 Å². The third-order valence-corrected chi connectivity index (χ3v) is 4.21. The summed E-state index contributed by atoms with van der Waals surface area (Å²) in [6, 6.07) is 14.9. The summed E-state index contributed by atoms with van der Waals surface area (Å²) in [5.41, 5.74) is 2.58. The van der Waals surface area contributed by atoms with Crippen molar-refractivity contribution in [2.24, 2.45) is 0 Å². The van der Waals surface area contributed by atoms with E-state index < -0.39 is 5.97 Å². The topological polar surface area (TPSA) is 80.3 Å². The Balaban J connectivity index is 1.62. The number of hydrogen-bond acceptors (Lipinski definition) is 5. The van der Waals surface area contributed by atoms with Crippen LogP contribution in [-0.4, -0.2) is 30.5 Å². The molecule has 0 aliphatic rings. The molecule has 0 unspecified atom stereocenters. The molecule has 0 spiro atoms. The molecule has 0 radical (unpaired) electrons. The Morgan fingerprint density at radius 2 is 1.79 bits per heavy atom. The Morgan fingerprint density at radius 3 is 2.59 bits per heavy atom. The number of ether oxygens (including phenoxy) is 1. The molecule has 7 heteroatoms. The Labute approximate surface area is 167 Å². The van der Waals surface area contributed by atoms with Gasteiger partial charge in [-0.1, -0.05) is 24.3 Å². The SMILES string of the molecule is COC(=O)c1cccc(Nc2cncc(C(=O)NCCc3ccccc3F)c2)c1. The average molecular weight is 393 g/mol. The summed E-state index contributed by atoms with van der Waals surface area (Å²) in [5, 5.41) is 5.87. The first-order valence-electron chi connectivity index (χ1n) is 8.99. The smallest absolute Gasteiger partial charge is 0.337 e. The molecule has 6 nitrogen and oxygen atoms in total. The van der Waals surface area contributed by atoms with E-state index in [2.05, 4.69) is 15.6 Å². The first kappa shape index (κ1) is 20.0. The largest absolute Gasteiger partial charge is 0.465 e. The molecule has 0 aliphatic carbocycles. The van der Waals surface area contributed by atoms with E-state index in [9.17, 15) is 14.0 Å². The average Bonchev–Trinajstić information content (AvgIpc) is 2.75. The summed E-state index contributed by atoms with van der Waals surface area (Å²) in [5.74, 6) is -1.03. The standard InChI is InChI=1S/C22H20FN3O3/c1-29-22(28)16-6-4-7-18(11-16)26-19-12-17(13-24-14-19)21(27)25-10-9-15-5-2-3-8-20(15)23/h2-8,11-14,26H,9-10H2,1H3,(H,25,27). The number of pyridine rings is 1. The monoisotopic (exact) mass is 393 g/mol. The number of aromatic nitrogens is 1. The molecule has 2 aromatic carbocycles. The van der Waals surface area contributed by atoms with E-state index in [-0.39, 0.29) is 11.7 Å². The molecule has 1 aromatic heterocycles. The van der Waals surface area contributed by atoms with Crippen LogP contribution in [0.4, 0.5) is 15.8 Å². The molecule has 3 aromatic rings. The van der Waals surface area contributed by atoms with E-state index in [0.717, 1.165) is 0 Å². The highest BCUT2D eigenvalue weighted by atomic mass is 19.1. The van der Waals surface area contributed by atoms with Gasteiger partial charge in [-0.05, 0) is 42.3 Å². The second-order valence-electron chi connectivity index (χ2n) is 6.26. The summed E-state index contributed by atoms with van der Waals surface area (Å²) in [7, 11) is 1.32. The van der Waals surface area contributed by atoms with E-state index in [1.807, 2.05) is 0 Å². The fraction of sp³-hybridized carbons (Fsp3) is 0.136. The molecule has 1 amide bonds. The lowest BCUT2D eigenvalue weighted by Crippen LogP contribution is -2.26. The van der Waals surface area contributed by atoms with Crippen molar-refractivity contribution in [3.63, 3.8) is 0 Å². The second kappa shape index (κ2) is 9.45. The minimum Gasteiger partial charge on any atom is -0.465 e. The highest BCUT2D eigenvalue weighted by Crippen LogP contribution is 2.18. The molecule has 0 saturated heterocycles. The van der Waals surface area contributed by atoms with Crippen molar-refractivity contribution >= 4 is 23.3 Å². The van der Waals surface area contributed by atoms with Crippen molar-refractivity contribution in [2.75, 3.05) is 19.0 Å². The molecule has 0 bridgehead atoms. The minimum atomic E-state index is -0.435. The number of anilines is 2. The van der Waals surface area contributed by atoms with Gasteiger partial charge in [0.2, 0.25) is 0 Å². The molecule has 3 rings (SSSR count). The molecule has 1 heterocycles. The number of rotatable bonds is 7. The third kappa shape index (κ3) is 5.38. The lowest BCUT2D eigenvalue weighted by atomic mass is 10.1. The van der Waals surface area contributed by atoms with Crippen LogP contribution in [-0.2, 0) is 11.2 Å². The zero-order chi connectivity index (χ0) is 20.6. The van der Waals surface area contributed by atoms with Gasteiger partial charge in [-0.25, -0.2) is 9.18 Å². The van der Waals surface area contributed by atoms with E-state index in [1.54, 1.807) is 54.7 Å². The Bertz CT molecular complexity index is 1020. The maximum absolute atomic E-state index is 13.6. The number of carbonyl (C=O) groups excluding carboxylic acids is 2. The van der Waals surface area contributed by atoms with Crippen LogP contribution in [0.3, 0.4) is 0 Å². The number of benzene rings is 2. The molecule has 0 fully saturated rings.